The van der Waals surface area contributed by atoms with Gasteiger partial charge in [-0.3, -0.25) is 0 Å². The van der Waals surface area contributed by atoms with Crippen LogP contribution in [0, 0.1) is 0 Å². The Hall–Kier alpha value is -0.580. The summed E-state index contributed by atoms with van der Waals surface area (Å²) in [6, 6.07) is 6.25. The molecule has 3 nitrogen and oxygen atoms in total. The second kappa shape index (κ2) is 4.96. The third kappa shape index (κ3) is 2.51. The van der Waals surface area contributed by atoms with E-state index < -0.39 is 0 Å². The Morgan fingerprint density at radius 3 is 3.07 bits per heavy atom. The molecule has 0 radical (unpaired) electrons. The highest BCUT2D eigenvalue weighted by Crippen LogP contribution is 2.29. The molecule has 1 aromatic carbocycles. The summed E-state index contributed by atoms with van der Waals surface area (Å²) in [7, 11) is 1.69. The van der Waals surface area contributed by atoms with E-state index in [9.17, 15) is 0 Å². The maximum absolute atomic E-state index is 5.44. The molecule has 1 atom stereocenters. The summed E-state index contributed by atoms with van der Waals surface area (Å²) in [5, 5.41) is 3.41. The van der Waals surface area contributed by atoms with Crippen molar-refractivity contribution < 1.29 is 9.47 Å². The van der Waals surface area contributed by atoms with Gasteiger partial charge in [-0.1, -0.05) is 15.9 Å². The van der Waals surface area contributed by atoms with Crippen molar-refractivity contribution in [2.75, 3.05) is 26.9 Å². The molecule has 1 unspecified atom stereocenters. The standard InChI is InChI=1S/C11H14BrNO2/c1-14-11-3-2-8(12)6-9(11)10-7-15-5-4-13-10/h2-3,6,10,13H,4-5,7H2,1H3. The minimum absolute atomic E-state index is 0.228. The Kier molecular flexibility index (Phi) is 3.61. The molecule has 0 amide bonds. The van der Waals surface area contributed by atoms with E-state index >= 15 is 0 Å². The van der Waals surface area contributed by atoms with E-state index in [1.54, 1.807) is 7.11 Å². The second-order valence-corrected chi connectivity index (χ2v) is 4.38. The van der Waals surface area contributed by atoms with Crippen LogP contribution >= 0.6 is 15.9 Å². The smallest absolute Gasteiger partial charge is 0.123 e. The summed E-state index contributed by atoms with van der Waals surface area (Å²) in [6.07, 6.45) is 0. The fourth-order valence-corrected chi connectivity index (χ4v) is 2.12. The van der Waals surface area contributed by atoms with Crippen LogP contribution in [0.1, 0.15) is 11.6 Å². The number of methoxy groups -OCH3 is 1. The van der Waals surface area contributed by atoms with Gasteiger partial charge < -0.3 is 14.8 Å². The van der Waals surface area contributed by atoms with E-state index in [0.29, 0.717) is 6.61 Å². The molecule has 1 N–H and O–H groups in total. The highest BCUT2D eigenvalue weighted by molar-refractivity contribution is 9.10. The van der Waals surface area contributed by atoms with Gasteiger partial charge in [0.25, 0.3) is 0 Å². The van der Waals surface area contributed by atoms with Gasteiger partial charge in [-0.05, 0) is 18.2 Å². The molecule has 0 spiro atoms. The number of rotatable bonds is 2. The highest BCUT2D eigenvalue weighted by atomic mass is 79.9. The fraction of sp³-hybridized carbons (Fsp3) is 0.455. The van der Waals surface area contributed by atoms with E-state index in [-0.39, 0.29) is 6.04 Å². The first-order chi connectivity index (χ1) is 7.31. The largest absolute Gasteiger partial charge is 0.496 e. The summed E-state index contributed by atoms with van der Waals surface area (Å²) in [4.78, 5) is 0. The molecule has 2 rings (SSSR count). The zero-order valence-electron chi connectivity index (χ0n) is 8.63. The first kappa shape index (κ1) is 10.9. The number of hydrogen-bond donors (Lipinski definition) is 1. The van der Waals surface area contributed by atoms with Crippen LogP contribution < -0.4 is 10.1 Å². The van der Waals surface area contributed by atoms with E-state index in [4.69, 9.17) is 9.47 Å². The van der Waals surface area contributed by atoms with Crippen LogP contribution in [0.15, 0.2) is 22.7 Å². The second-order valence-electron chi connectivity index (χ2n) is 3.47. The molecular weight excluding hydrogens is 258 g/mol. The van der Waals surface area contributed by atoms with E-state index in [2.05, 4.69) is 27.3 Å². The third-order valence-corrected chi connectivity index (χ3v) is 2.98. The number of hydrogen-bond acceptors (Lipinski definition) is 3. The zero-order valence-corrected chi connectivity index (χ0v) is 10.2. The lowest BCUT2D eigenvalue weighted by atomic mass is 10.1. The van der Waals surface area contributed by atoms with Crippen LogP contribution in [-0.2, 0) is 4.74 Å². The number of morpholine rings is 1. The maximum Gasteiger partial charge on any atom is 0.123 e. The van der Waals surface area contributed by atoms with Crippen LogP contribution in [0.4, 0.5) is 0 Å². The van der Waals surface area contributed by atoms with Crippen molar-refractivity contribution in [3.8, 4) is 5.75 Å². The van der Waals surface area contributed by atoms with Crippen LogP contribution in [0.25, 0.3) is 0 Å². The first-order valence-corrected chi connectivity index (χ1v) is 5.75. The molecule has 0 aliphatic carbocycles. The maximum atomic E-state index is 5.44. The van der Waals surface area contributed by atoms with Crippen molar-refractivity contribution in [2.45, 2.75) is 6.04 Å². The Balaban J connectivity index is 2.27. The van der Waals surface area contributed by atoms with Crippen molar-refractivity contribution in [2.24, 2.45) is 0 Å². The van der Waals surface area contributed by atoms with Crippen molar-refractivity contribution in [3.05, 3.63) is 28.2 Å². The van der Waals surface area contributed by atoms with Crippen LogP contribution in [0.5, 0.6) is 5.75 Å². The van der Waals surface area contributed by atoms with Gasteiger partial charge in [0.1, 0.15) is 5.75 Å². The van der Waals surface area contributed by atoms with E-state index in [1.165, 1.54) is 0 Å². The molecule has 0 saturated carbocycles. The van der Waals surface area contributed by atoms with Crippen LogP contribution in [0.2, 0.25) is 0 Å². The first-order valence-electron chi connectivity index (χ1n) is 4.96. The molecule has 1 heterocycles. The van der Waals surface area contributed by atoms with Crippen LogP contribution in [0.3, 0.4) is 0 Å². The summed E-state index contributed by atoms with van der Waals surface area (Å²) in [5.41, 5.74) is 1.14. The van der Waals surface area contributed by atoms with Crippen molar-refractivity contribution in [1.29, 1.82) is 0 Å². The number of nitrogens with one attached hydrogen (secondary N) is 1. The lowest BCUT2D eigenvalue weighted by molar-refractivity contribution is 0.0760. The van der Waals surface area contributed by atoms with Gasteiger partial charge in [0.05, 0.1) is 26.4 Å². The Morgan fingerprint density at radius 2 is 2.40 bits per heavy atom. The van der Waals surface area contributed by atoms with Gasteiger partial charge in [-0.25, -0.2) is 0 Å². The predicted octanol–water partition coefficient (Wildman–Crippen LogP) is 2.12. The van der Waals surface area contributed by atoms with Gasteiger partial charge in [-0.2, -0.15) is 0 Å². The molecule has 1 fully saturated rings. The molecule has 4 heteroatoms. The molecule has 0 bridgehead atoms. The van der Waals surface area contributed by atoms with Crippen molar-refractivity contribution in [1.82, 2.24) is 5.32 Å². The number of halogens is 1. The number of benzene rings is 1. The quantitative estimate of drug-likeness (QED) is 0.894. The van der Waals surface area contributed by atoms with Gasteiger partial charge in [0.2, 0.25) is 0 Å². The third-order valence-electron chi connectivity index (χ3n) is 2.49. The molecule has 1 aliphatic rings. The Bertz CT molecular complexity index is 337. The molecule has 82 valence electrons. The molecule has 1 aliphatic heterocycles. The summed E-state index contributed by atoms with van der Waals surface area (Å²) >= 11 is 3.47. The lowest BCUT2D eigenvalue weighted by Gasteiger charge is -2.25. The molecule has 0 aromatic heterocycles. The summed E-state index contributed by atoms with van der Waals surface area (Å²) in [6.45, 7) is 2.37. The average Bonchev–Trinajstić information content (AvgIpc) is 2.30. The molecule has 1 saturated heterocycles. The van der Waals surface area contributed by atoms with Gasteiger partial charge in [0.15, 0.2) is 0 Å². The van der Waals surface area contributed by atoms with Crippen molar-refractivity contribution >= 4 is 15.9 Å². The van der Waals surface area contributed by atoms with Crippen molar-refractivity contribution in [3.63, 3.8) is 0 Å². The van der Waals surface area contributed by atoms with Gasteiger partial charge in [-0.15, -0.1) is 0 Å². The van der Waals surface area contributed by atoms with E-state index in [0.717, 1.165) is 28.9 Å². The summed E-state index contributed by atoms with van der Waals surface area (Å²) in [5.74, 6) is 0.904. The SMILES string of the molecule is COc1ccc(Br)cc1C1COCCN1. The molecule has 15 heavy (non-hydrogen) atoms. The fourth-order valence-electron chi connectivity index (χ4n) is 1.74. The van der Waals surface area contributed by atoms with E-state index in [1.807, 2.05) is 12.1 Å². The topological polar surface area (TPSA) is 30.5 Å². The minimum atomic E-state index is 0.228. The Morgan fingerprint density at radius 1 is 1.53 bits per heavy atom. The normalized spacial score (nSPS) is 21.3. The lowest BCUT2D eigenvalue weighted by Crippen LogP contribution is -2.34. The minimum Gasteiger partial charge on any atom is -0.496 e. The van der Waals surface area contributed by atoms with Crippen LogP contribution in [-0.4, -0.2) is 26.9 Å². The van der Waals surface area contributed by atoms with Gasteiger partial charge >= 0.3 is 0 Å². The Labute approximate surface area is 97.9 Å². The number of ether oxygens (including phenoxy) is 2. The molecular formula is C11H14BrNO2. The average molecular weight is 272 g/mol. The molecule has 1 aromatic rings. The van der Waals surface area contributed by atoms with Gasteiger partial charge in [0, 0.05) is 16.6 Å². The predicted molar refractivity (Wildman–Crippen MR) is 62.3 cm³/mol. The highest BCUT2D eigenvalue weighted by Gasteiger charge is 2.19. The summed E-state index contributed by atoms with van der Waals surface area (Å²) < 4.78 is 11.8. The zero-order chi connectivity index (χ0) is 10.7. The monoisotopic (exact) mass is 271 g/mol.